The molecule has 0 amide bonds. The fraction of sp³-hybridized carbons (Fsp3) is 0.400. The highest BCUT2D eigenvalue weighted by Crippen LogP contribution is 2.30. The molecule has 0 saturated carbocycles. The van der Waals surface area contributed by atoms with Crippen LogP contribution < -0.4 is 4.89 Å². The minimum absolute atomic E-state index is 0.0608. The van der Waals surface area contributed by atoms with Crippen molar-refractivity contribution in [2.45, 2.75) is 11.1 Å². The standard InChI is InChI=1S/C10H12F3NO4S/c1-17-5-6-18-14-19(15,16)9-4-2-3-8(7-9)10(11,12)13/h2-4,7,14H,5-6H2,1H3. The third kappa shape index (κ3) is 4.78. The Morgan fingerprint density at radius 3 is 2.53 bits per heavy atom. The Balaban J connectivity index is 2.84. The van der Waals surface area contributed by atoms with Gasteiger partial charge < -0.3 is 4.74 Å². The summed E-state index contributed by atoms with van der Waals surface area (Å²) in [7, 11) is -2.76. The van der Waals surface area contributed by atoms with E-state index in [1.165, 1.54) is 7.11 Å². The van der Waals surface area contributed by atoms with Crippen LogP contribution in [0.1, 0.15) is 5.56 Å². The Morgan fingerprint density at radius 1 is 1.26 bits per heavy atom. The van der Waals surface area contributed by atoms with Crippen LogP contribution in [0.4, 0.5) is 13.2 Å². The minimum Gasteiger partial charge on any atom is -0.382 e. The highest BCUT2D eigenvalue weighted by Gasteiger charge is 2.31. The molecule has 1 aromatic rings. The smallest absolute Gasteiger partial charge is 0.382 e. The second kappa shape index (κ2) is 6.33. The maximum Gasteiger partial charge on any atom is 0.416 e. The lowest BCUT2D eigenvalue weighted by atomic mass is 10.2. The second-order valence-corrected chi connectivity index (χ2v) is 5.10. The molecule has 108 valence electrons. The lowest BCUT2D eigenvalue weighted by molar-refractivity contribution is -0.137. The van der Waals surface area contributed by atoms with Gasteiger partial charge in [-0.15, -0.1) is 0 Å². The van der Waals surface area contributed by atoms with Crippen LogP contribution >= 0.6 is 0 Å². The number of benzene rings is 1. The van der Waals surface area contributed by atoms with Crippen molar-refractivity contribution >= 4 is 10.0 Å². The van der Waals surface area contributed by atoms with E-state index < -0.39 is 26.7 Å². The number of rotatable bonds is 6. The first-order chi connectivity index (χ1) is 8.77. The largest absolute Gasteiger partial charge is 0.416 e. The summed E-state index contributed by atoms with van der Waals surface area (Å²) in [6.07, 6.45) is -4.61. The summed E-state index contributed by atoms with van der Waals surface area (Å²) in [4.78, 5) is 5.76. The van der Waals surface area contributed by atoms with E-state index >= 15 is 0 Å². The van der Waals surface area contributed by atoms with Crippen LogP contribution in [-0.4, -0.2) is 28.7 Å². The first-order valence-corrected chi connectivity index (χ1v) is 6.55. The summed E-state index contributed by atoms with van der Waals surface area (Å²) < 4.78 is 65.2. The Labute approximate surface area is 108 Å². The maximum atomic E-state index is 12.4. The summed E-state index contributed by atoms with van der Waals surface area (Å²) in [5.74, 6) is 0. The number of hydrogen-bond acceptors (Lipinski definition) is 4. The van der Waals surface area contributed by atoms with Crippen LogP contribution in [0.15, 0.2) is 29.2 Å². The Morgan fingerprint density at radius 2 is 1.95 bits per heavy atom. The summed E-state index contributed by atoms with van der Waals surface area (Å²) in [5.41, 5.74) is -1.05. The van der Waals surface area contributed by atoms with Gasteiger partial charge in [0.05, 0.1) is 23.7 Å². The van der Waals surface area contributed by atoms with Crippen molar-refractivity contribution in [2.75, 3.05) is 20.3 Å². The monoisotopic (exact) mass is 299 g/mol. The minimum atomic E-state index is -4.61. The van der Waals surface area contributed by atoms with Gasteiger partial charge in [0.25, 0.3) is 10.0 Å². The summed E-state index contributed by atoms with van der Waals surface area (Å²) >= 11 is 0. The van der Waals surface area contributed by atoms with Crippen molar-refractivity contribution in [1.82, 2.24) is 4.89 Å². The van der Waals surface area contributed by atoms with Crippen LogP contribution in [0.3, 0.4) is 0 Å². The molecule has 0 heterocycles. The molecule has 1 aromatic carbocycles. The van der Waals surface area contributed by atoms with Gasteiger partial charge in [-0.1, -0.05) is 11.0 Å². The van der Waals surface area contributed by atoms with E-state index in [0.717, 1.165) is 18.2 Å². The fourth-order valence-corrected chi connectivity index (χ4v) is 2.01. The maximum absolute atomic E-state index is 12.4. The van der Waals surface area contributed by atoms with E-state index in [1.807, 2.05) is 0 Å². The number of hydrogen-bond donors (Lipinski definition) is 1. The SMILES string of the molecule is COCCONS(=O)(=O)c1cccc(C(F)(F)F)c1. The molecule has 9 heteroatoms. The number of halogens is 3. The molecule has 0 aliphatic heterocycles. The van der Waals surface area contributed by atoms with E-state index in [2.05, 4.69) is 9.57 Å². The van der Waals surface area contributed by atoms with Crippen molar-refractivity contribution < 1.29 is 31.2 Å². The highest BCUT2D eigenvalue weighted by atomic mass is 32.2. The number of alkyl halides is 3. The van der Waals surface area contributed by atoms with Gasteiger partial charge in [-0.2, -0.15) is 13.2 Å². The molecule has 0 aromatic heterocycles. The lowest BCUT2D eigenvalue weighted by Crippen LogP contribution is -2.26. The predicted molar refractivity (Wildman–Crippen MR) is 59.6 cm³/mol. The number of ether oxygens (including phenoxy) is 1. The molecule has 1 rings (SSSR count). The first kappa shape index (κ1) is 15.9. The molecule has 0 spiro atoms. The average molecular weight is 299 g/mol. The predicted octanol–water partition coefficient (Wildman–Crippen LogP) is 1.56. The number of sulfonamides is 1. The van der Waals surface area contributed by atoms with Gasteiger partial charge in [0.2, 0.25) is 0 Å². The van der Waals surface area contributed by atoms with Gasteiger partial charge in [-0.3, -0.25) is 4.84 Å². The molecular formula is C10H12F3NO4S. The lowest BCUT2D eigenvalue weighted by Gasteiger charge is -2.10. The summed E-state index contributed by atoms with van der Waals surface area (Å²) in [6, 6.07) is 3.36. The molecule has 0 aliphatic rings. The van der Waals surface area contributed by atoms with Crippen molar-refractivity contribution in [3.63, 3.8) is 0 Å². The van der Waals surface area contributed by atoms with Crippen LogP contribution in [0, 0.1) is 0 Å². The quantitative estimate of drug-likeness (QED) is 0.639. The van der Waals surface area contributed by atoms with E-state index in [-0.39, 0.29) is 13.2 Å². The second-order valence-electron chi connectivity index (χ2n) is 3.45. The Hall–Kier alpha value is -1.16. The van der Waals surface area contributed by atoms with Gasteiger partial charge in [0.1, 0.15) is 0 Å². The molecule has 0 atom stereocenters. The zero-order valence-corrected chi connectivity index (χ0v) is 10.7. The summed E-state index contributed by atoms with van der Waals surface area (Å²) in [5, 5.41) is 0. The van der Waals surface area contributed by atoms with Crippen molar-refractivity contribution in [3.8, 4) is 0 Å². The topological polar surface area (TPSA) is 64.6 Å². The van der Waals surface area contributed by atoms with E-state index in [1.54, 1.807) is 4.89 Å². The molecule has 0 radical (unpaired) electrons. The van der Waals surface area contributed by atoms with Crippen molar-refractivity contribution in [2.24, 2.45) is 0 Å². The zero-order valence-electron chi connectivity index (χ0n) is 9.90. The van der Waals surface area contributed by atoms with E-state index in [0.29, 0.717) is 6.07 Å². The van der Waals surface area contributed by atoms with Crippen LogP contribution in [0.25, 0.3) is 0 Å². The fourth-order valence-electron chi connectivity index (χ4n) is 1.13. The first-order valence-electron chi connectivity index (χ1n) is 5.07. The van der Waals surface area contributed by atoms with Crippen molar-refractivity contribution in [1.29, 1.82) is 0 Å². The third-order valence-electron chi connectivity index (χ3n) is 2.03. The van der Waals surface area contributed by atoms with Crippen LogP contribution in [0.2, 0.25) is 0 Å². The van der Waals surface area contributed by atoms with Gasteiger partial charge >= 0.3 is 6.18 Å². The van der Waals surface area contributed by atoms with Gasteiger partial charge in [-0.05, 0) is 18.2 Å². The Bertz CT molecular complexity index is 516. The normalized spacial score (nSPS) is 12.6. The number of methoxy groups -OCH3 is 1. The van der Waals surface area contributed by atoms with Gasteiger partial charge in [0.15, 0.2) is 0 Å². The van der Waals surface area contributed by atoms with Gasteiger partial charge in [-0.25, -0.2) is 8.42 Å². The Kier molecular flexibility index (Phi) is 5.29. The number of nitrogens with one attached hydrogen (secondary N) is 1. The average Bonchev–Trinajstić information content (AvgIpc) is 2.34. The third-order valence-corrected chi connectivity index (χ3v) is 3.24. The van der Waals surface area contributed by atoms with E-state index in [9.17, 15) is 21.6 Å². The van der Waals surface area contributed by atoms with Gasteiger partial charge in [0, 0.05) is 7.11 Å². The van der Waals surface area contributed by atoms with Crippen molar-refractivity contribution in [3.05, 3.63) is 29.8 Å². The molecule has 1 N–H and O–H groups in total. The molecule has 0 unspecified atom stereocenters. The highest BCUT2D eigenvalue weighted by molar-refractivity contribution is 7.89. The summed E-state index contributed by atoms with van der Waals surface area (Å²) in [6.45, 7) is 0.0831. The molecule has 19 heavy (non-hydrogen) atoms. The zero-order chi connectivity index (χ0) is 14.5. The molecule has 5 nitrogen and oxygen atoms in total. The van der Waals surface area contributed by atoms with E-state index in [4.69, 9.17) is 0 Å². The van der Waals surface area contributed by atoms with Crippen LogP contribution in [-0.2, 0) is 25.8 Å². The molecule has 0 bridgehead atoms. The van der Waals surface area contributed by atoms with Crippen LogP contribution in [0.5, 0.6) is 0 Å². The molecule has 0 aliphatic carbocycles. The molecule has 0 saturated heterocycles. The molecular weight excluding hydrogens is 287 g/mol. The molecule has 0 fully saturated rings.